The van der Waals surface area contributed by atoms with Gasteiger partial charge in [-0.1, -0.05) is 0 Å². The van der Waals surface area contributed by atoms with E-state index in [1.165, 1.54) is 29.3 Å². The topological polar surface area (TPSA) is 26.0 Å². The predicted octanol–water partition coefficient (Wildman–Crippen LogP) is 3.56. The third-order valence-electron chi connectivity index (χ3n) is 3.79. The highest BCUT2D eigenvalue weighted by molar-refractivity contribution is 9.10. The lowest BCUT2D eigenvalue weighted by atomic mass is 9.91. The Morgan fingerprint density at radius 3 is 2.57 bits per heavy atom. The molecule has 2 N–H and O–H groups in total. The number of hydrogen-bond acceptors (Lipinski definition) is 2. The van der Waals surface area contributed by atoms with Crippen LogP contribution in [0.3, 0.4) is 0 Å². The monoisotopic (exact) mass is 271 g/mol. The fourth-order valence-corrected chi connectivity index (χ4v) is 4.45. The van der Waals surface area contributed by atoms with Crippen molar-refractivity contribution in [3.63, 3.8) is 0 Å². The van der Waals surface area contributed by atoms with Gasteiger partial charge in [0.25, 0.3) is 0 Å². The molecular weight excluding hydrogens is 258 g/mol. The Labute approximate surface area is 96.8 Å². The number of hydrogen-bond donors (Lipinski definition) is 1. The second kappa shape index (κ2) is 3.32. The zero-order valence-electron chi connectivity index (χ0n) is 7.95. The van der Waals surface area contributed by atoms with Crippen molar-refractivity contribution < 1.29 is 0 Å². The third-order valence-corrected chi connectivity index (χ3v) is 5.54. The molecule has 3 unspecified atom stereocenters. The van der Waals surface area contributed by atoms with Crippen LogP contribution in [0.15, 0.2) is 15.2 Å². The van der Waals surface area contributed by atoms with Crippen molar-refractivity contribution in [1.29, 1.82) is 0 Å². The van der Waals surface area contributed by atoms with Gasteiger partial charge in [-0.2, -0.15) is 11.3 Å². The van der Waals surface area contributed by atoms with E-state index in [-0.39, 0.29) is 6.04 Å². The maximum Gasteiger partial charge on any atom is 0.0343 e. The molecular formula is C11H14BrNS. The summed E-state index contributed by atoms with van der Waals surface area (Å²) < 4.78 is 1.20. The van der Waals surface area contributed by atoms with Gasteiger partial charge in [-0.25, -0.2) is 0 Å². The molecule has 0 aliphatic heterocycles. The molecule has 76 valence electrons. The summed E-state index contributed by atoms with van der Waals surface area (Å²) in [6.07, 6.45) is 4.22. The minimum atomic E-state index is 0.267. The largest absolute Gasteiger partial charge is 0.324 e. The van der Waals surface area contributed by atoms with Gasteiger partial charge in [-0.05, 0) is 63.9 Å². The average Bonchev–Trinajstić information content (AvgIpc) is 2.64. The Morgan fingerprint density at radius 1 is 1.29 bits per heavy atom. The van der Waals surface area contributed by atoms with Gasteiger partial charge in [-0.3, -0.25) is 0 Å². The summed E-state index contributed by atoms with van der Waals surface area (Å²) in [6.45, 7) is 0. The fraction of sp³-hybridized carbons (Fsp3) is 0.636. The molecule has 1 heterocycles. The molecule has 2 saturated carbocycles. The average molecular weight is 272 g/mol. The summed E-state index contributed by atoms with van der Waals surface area (Å²) >= 11 is 5.31. The molecule has 0 radical (unpaired) electrons. The number of nitrogens with two attached hydrogens (primary N) is 1. The first-order valence-corrected chi connectivity index (χ1v) is 6.96. The molecule has 2 aliphatic carbocycles. The third kappa shape index (κ3) is 1.46. The van der Waals surface area contributed by atoms with E-state index in [0.29, 0.717) is 0 Å². The first kappa shape index (κ1) is 9.37. The fourth-order valence-electron chi connectivity index (χ4n) is 2.84. The molecule has 0 spiro atoms. The van der Waals surface area contributed by atoms with E-state index in [1.54, 1.807) is 11.3 Å². The van der Waals surface area contributed by atoms with Gasteiger partial charge in [0, 0.05) is 15.9 Å². The minimum absolute atomic E-state index is 0.267. The van der Waals surface area contributed by atoms with Gasteiger partial charge >= 0.3 is 0 Å². The maximum absolute atomic E-state index is 6.30. The van der Waals surface area contributed by atoms with E-state index < -0.39 is 0 Å². The van der Waals surface area contributed by atoms with Crippen LogP contribution in [0.25, 0.3) is 0 Å². The molecule has 2 aliphatic rings. The summed E-state index contributed by atoms with van der Waals surface area (Å²) in [5.41, 5.74) is 7.63. The Kier molecular flexibility index (Phi) is 2.22. The lowest BCUT2D eigenvalue weighted by Crippen LogP contribution is -2.20. The van der Waals surface area contributed by atoms with Crippen molar-refractivity contribution in [3.05, 3.63) is 20.8 Å². The highest BCUT2D eigenvalue weighted by atomic mass is 79.9. The van der Waals surface area contributed by atoms with E-state index in [2.05, 4.69) is 26.7 Å². The molecule has 0 bridgehead atoms. The minimum Gasteiger partial charge on any atom is -0.324 e. The van der Waals surface area contributed by atoms with E-state index in [1.807, 2.05) is 0 Å². The van der Waals surface area contributed by atoms with Gasteiger partial charge < -0.3 is 5.73 Å². The summed E-state index contributed by atoms with van der Waals surface area (Å²) in [6, 6.07) is 0.267. The maximum atomic E-state index is 6.30. The molecule has 0 amide bonds. The number of rotatable bonds is 2. The van der Waals surface area contributed by atoms with E-state index in [0.717, 1.165) is 17.8 Å². The van der Waals surface area contributed by atoms with Crippen molar-refractivity contribution in [3.8, 4) is 0 Å². The molecule has 1 aromatic rings. The molecule has 3 heteroatoms. The summed E-state index contributed by atoms with van der Waals surface area (Å²) in [5, 5.41) is 4.32. The molecule has 3 rings (SSSR count). The predicted molar refractivity (Wildman–Crippen MR) is 63.3 cm³/mol. The van der Waals surface area contributed by atoms with E-state index in [4.69, 9.17) is 5.73 Å². The number of thiophene rings is 1. The van der Waals surface area contributed by atoms with E-state index >= 15 is 0 Å². The molecule has 1 aromatic heterocycles. The summed E-state index contributed by atoms with van der Waals surface area (Å²) in [4.78, 5) is 0. The van der Waals surface area contributed by atoms with Crippen LogP contribution in [0.5, 0.6) is 0 Å². The summed E-state index contributed by atoms with van der Waals surface area (Å²) in [5.74, 6) is 2.80. The second-order valence-electron chi connectivity index (χ2n) is 4.69. The second-order valence-corrected chi connectivity index (χ2v) is 6.29. The van der Waals surface area contributed by atoms with Crippen LogP contribution < -0.4 is 5.73 Å². The van der Waals surface area contributed by atoms with Crippen molar-refractivity contribution in [2.24, 2.45) is 23.5 Å². The van der Waals surface area contributed by atoms with Crippen LogP contribution in [0, 0.1) is 17.8 Å². The van der Waals surface area contributed by atoms with Gasteiger partial charge in [0.2, 0.25) is 0 Å². The van der Waals surface area contributed by atoms with Crippen LogP contribution in [-0.2, 0) is 0 Å². The van der Waals surface area contributed by atoms with Crippen molar-refractivity contribution in [2.75, 3.05) is 0 Å². The molecule has 2 fully saturated rings. The van der Waals surface area contributed by atoms with Crippen LogP contribution in [-0.4, -0.2) is 0 Å². The SMILES string of the molecule is NC(c1cscc1Br)C1CC2CC2C1. The smallest absolute Gasteiger partial charge is 0.0343 e. The Bertz CT molecular complexity index is 339. The Morgan fingerprint density at radius 2 is 2.00 bits per heavy atom. The van der Waals surface area contributed by atoms with Gasteiger partial charge in [0.05, 0.1) is 0 Å². The van der Waals surface area contributed by atoms with Crippen LogP contribution >= 0.6 is 27.3 Å². The zero-order chi connectivity index (χ0) is 9.71. The normalized spacial score (nSPS) is 36.9. The molecule has 0 saturated heterocycles. The first-order valence-electron chi connectivity index (χ1n) is 5.23. The molecule has 1 nitrogen and oxygen atoms in total. The first-order chi connectivity index (χ1) is 6.75. The standard InChI is InChI=1S/C11H14BrNS/c12-10-5-14-4-9(10)11(13)8-2-6-1-7(6)3-8/h4-8,11H,1-3,13H2. The van der Waals surface area contributed by atoms with Crippen molar-refractivity contribution in [2.45, 2.75) is 25.3 Å². The highest BCUT2D eigenvalue weighted by Gasteiger charge is 2.47. The Hall–Kier alpha value is 0.140. The lowest BCUT2D eigenvalue weighted by Gasteiger charge is -2.20. The van der Waals surface area contributed by atoms with Crippen LogP contribution in [0.1, 0.15) is 30.9 Å². The summed E-state index contributed by atoms with van der Waals surface area (Å²) in [7, 11) is 0. The number of fused-ring (bicyclic) bond motifs is 1. The lowest BCUT2D eigenvalue weighted by molar-refractivity contribution is 0.404. The van der Waals surface area contributed by atoms with E-state index in [9.17, 15) is 0 Å². The molecule has 3 atom stereocenters. The van der Waals surface area contributed by atoms with Crippen molar-refractivity contribution >= 4 is 27.3 Å². The van der Waals surface area contributed by atoms with Crippen LogP contribution in [0.2, 0.25) is 0 Å². The van der Waals surface area contributed by atoms with Gasteiger partial charge in [-0.15, -0.1) is 0 Å². The molecule has 0 aromatic carbocycles. The molecule has 14 heavy (non-hydrogen) atoms. The quantitative estimate of drug-likeness (QED) is 0.875. The van der Waals surface area contributed by atoms with Crippen molar-refractivity contribution in [1.82, 2.24) is 0 Å². The van der Waals surface area contributed by atoms with Gasteiger partial charge in [0.1, 0.15) is 0 Å². The zero-order valence-corrected chi connectivity index (χ0v) is 10.4. The Balaban J connectivity index is 1.76. The highest BCUT2D eigenvalue weighted by Crippen LogP contribution is 2.57. The number of halogens is 1. The van der Waals surface area contributed by atoms with Crippen LogP contribution in [0.4, 0.5) is 0 Å². The van der Waals surface area contributed by atoms with Gasteiger partial charge in [0.15, 0.2) is 0 Å².